The quantitative estimate of drug-likeness (QED) is 0.237. The van der Waals surface area contributed by atoms with E-state index >= 15 is 4.39 Å². The van der Waals surface area contributed by atoms with Crippen molar-refractivity contribution in [1.82, 2.24) is 9.62 Å². The van der Waals surface area contributed by atoms with Crippen molar-refractivity contribution in [3.05, 3.63) is 131 Å². The summed E-state index contributed by atoms with van der Waals surface area (Å²) < 4.78 is 70.6. The zero-order chi connectivity index (χ0) is 30.4. The lowest BCUT2D eigenvalue weighted by molar-refractivity contribution is -0.116. The van der Waals surface area contributed by atoms with Crippen LogP contribution < -0.4 is 10.6 Å². The van der Waals surface area contributed by atoms with Crippen LogP contribution in [-0.2, 0) is 21.2 Å². The molecule has 1 saturated heterocycles. The van der Waals surface area contributed by atoms with Gasteiger partial charge in [0.2, 0.25) is 15.9 Å². The van der Waals surface area contributed by atoms with Gasteiger partial charge in [-0.1, -0.05) is 48.5 Å². The summed E-state index contributed by atoms with van der Waals surface area (Å²) in [6.45, 7) is 1.21. The molecule has 6 nitrogen and oxygen atoms in total. The average Bonchev–Trinajstić information content (AvgIpc) is 3.01. The molecule has 4 aromatic carbocycles. The molecule has 1 fully saturated rings. The minimum atomic E-state index is -3.74. The standard InChI is InChI=1S/C33H32F3N3O3S/c34-25-13-9-23(10-14-25)30(24-11-15-26(35)16-12-24)21-33(40)38-32-8-4-7-31(36)29(32)18-17-27-22-37-19-20-39(27)43(41,42)28-5-2-1-3-6-28/h1-16,27,30,37H,17-22H2,(H,38,40)/t27-/m0/s1. The minimum Gasteiger partial charge on any atom is -0.326 e. The maximum absolute atomic E-state index is 15.1. The molecule has 224 valence electrons. The van der Waals surface area contributed by atoms with Crippen molar-refractivity contribution in [2.45, 2.75) is 36.1 Å². The Hall–Kier alpha value is -3.99. The van der Waals surface area contributed by atoms with Crippen molar-refractivity contribution in [2.24, 2.45) is 0 Å². The maximum Gasteiger partial charge on any atom is 0.243 e. The highest BCUT2D eigenvalue weighted by atomic mass is 32.2. The van der Waals surface area contributed by atoms with E-state index in [0.29, 0.717) is 36.3 Å². The number of benzene rings is 4. The number of hydrogen-bond acceptors (Lipinski definition) is 4. The number of halogens is 3. The first kappa shape index (κ1) is 30.5. The van der Waals surface area contributed by atoms with Crippen LogP contribution in [0.5, 0.6) is 0 Å². The predicted molar refractivity (Wildman–Crippen MR) is 160 cm³/mol. The third-order valence-corrected chi connectivity index (χ3v) is 9.67. The van der Waals surface area contributed by atoms with Gasteiger partial charge in [0, 0.05) is 49.3 Å². The lowest BCUT2D eigenvalue weighted by atomic mass is 9.88. The molecule has 1 atom stereocenters. The zero-order valence-corrected chi connectivity index (χ0v) is 24.2. The van der Waals surface area contributed by atoms with Gasteiger partial charge in [0.15, 0.2) is 0 Å². The van der Waals surface area contributed by atoms with Gasteiger partial charge in [-0.05, 0) is 72.5 Å². The topological polar surface area (TPSA) is 78.5 Å². The van der Waals surface area contributed by atoms with Crippen molar-refractivity contribution >= 4 is 21.6 Å². The summed E-state index contributed by atoms with van der Waals surface area (Å²) in [5.41, 5.74) is 1.92. The van der Waals surface area contributed by atoms with Crippen LogP contribution in [-0.4, -0.2) is 44.3 Å². The van der Waals surface area contributed by atoms with Crippen LogP contribution in [0.1, 0.15) is 35.4 Å². The van der Waals surface area contributed by atoms with Gasteiger partial charge >= 0.3 is 0 Å². The van der Waals surface area contributed by atoms with Gasteiger partial charge < -0.3 is 10.6 Å². The Balaban J connectivity index is 1.33. The lowest BCUT2D eigenvalue weighted by Gasteiger charge is -2.35. The van der Waals surface area contributed by atoms with Crippen LogP contribution in [0, 0.1) is 17.5 Å². The average molecular weight is 608 g/mol. The fourth-order valence-corrected chi connectivity index (χ4v) is 7.15. The number of anilines is 1. The van der Waals surface area contributed by atoms with Crippen LogP contribution in [0.15, 0.2) is 102 Å². The van der Waals surface area contributed by atoms with Gasteiger partial charge in [-0.25, -0.2) is 21.6 Å². The molecule has 0 aromatic heterocycles. The van der Waals surface area contributed by atoms with E-state index in [-0.39, 0.29) is 29.8 Å². The zero-order valence-electron chi connectivity index (χ0n) is 23.3. The number of rotatable bonds is 10. The van der Waals surface area contributed by atoms with Gasteiger partial charge in [0.05, 0.1) is 4.90 Å². The molecule has 2 N–H and O–H groups in total. The molecule has 1 heterocycles. The largest absolute Gasteiger partial charge is 0.326 e. The highest BCUT2D eigenvalue weighted by Crippen LogP contribution is 2.30. The number of carbonyl (C=O) groups is 1. The molecule has 0 saturated carbocycles. The Bertz CT molecular complexity index is 1610. The van der Waals surface area contributed by atoms with Crippen molar-refractivity contribution in [2.75, 3.05) is 25.0 Å². The monoisotopic (exact) mass is 607 g/mol. The first-order chi connectivity index (χ1) is 20.7. The second-order valence-electron chi connectivity index (χ2n) is 10.5. The SMILES string of the molecule is O=C(CC(c1ccc(F)cc1)c1ccc(F)cc1)Nc1cccc(F)c1CC[C@H]1CNCCN1S(=O)(=O)c1ccccc1. The number of amides is 1. The summed E-state index contributed by atoms with van der Waals surface area (Å²) in [6.07, 6.45) is 0.467. The summed E-state index contributed by atoms with van der Waals surface area (Å²) in [5.74, 6) is -2.24. The molecule has 43 heavy (non-hydrogen) atoms. The second kappa shape index (κ2) is 13.5. The molecule has 4 aromatic rings. The van der Waals surface area contributed by atoms with Crippen molar-refractivity contribution < 1.29 is 26.4 Å². The molecule has 0 spiro atoms. The first-order valence-corrected chi connectivity index (χ1v) is 15.5. The smallest absolute Gasteiger partial charge is 0.243 e. The number of nitrogens with one attached hydrogen (secondary N) is 2. The van der Waals surface area contributed by atoms with E-state index in [9.17, 15) is 22.0 Å². The van der Waals surface area contributed by atoms with E-state index in [2.05, 4.69) is 10.6 Å². The number of sulfonamides is 1. The van der Waals surface area contributed by atoms with E-state index in [1.165, 1.54) is 40.7 Å². The van der Waals surface area contributed by atoms with Crippen LogP contribution in [0.2, 0.25) is 0 Å². The Labute approximate surface area is 249 Å². The van der Waals surface area contributed by atoms with Gasteiger partial charge in [-0.3, -0.25) is 4.79 Å². The van der Waals surface area contributed by atoms with Crippen molar-refractivity contribution in [1.29, 1.82) is 0 Å². The van der Waals surface area contributed by atoms with E-state index in [4.69, 9.17) is 0 Å². The summed E-state index contributed by atoms with van der Waals surface area (Å²) >= 11 is 0. The number of nitrogens with zero attached hydrogens (tertiary/aromatic N) is 1. The summed E-state index contributed by atoms with van der Waals surface area (Å²) in [7, 11) is -3.74. The van der Waals surface area contributed by atoms with E-state index in [0.717, 1.165) is 0 Å². The van der Waals surface area contributed by atoms with Gasteiger partial charge in [0.25, 0.3) is 0 Å². The molecule has 5 rings (SSSR count). The van der Waals surface area contributed by atoms with Crippen molar-refractivity contribution in [3.8, 4) is 0 Å². The Kier molecular flexibility index (Phi) is 9.59. The molecule has 0 bridgehead atoms. The van der Waals surface area contributed by atoms with Gasteiger partial charge in [-0.2, -0.15) is 4.31 Å². The second-order valence-corrected chi connectivity index (χ2v) is 12.4. The molecule has 10 heteroatoms. The number of piperazine rings is 1. The predicted octanol–water partition coefficient (Wildman–Crippen LogP) is 5.86. The Morgan fingerprint density at radius 3 is 2.12 bits per heavy atom. The van der Waals surface area contributed by atoms with Crippen molar-refractivity contribution in [3.63, 3.8) is 0 Å². The highest BCUT2D eigenvalue weighted by molar-refractivity contribution is 7.89. The number of carbonyl (C=O) groups excluding carboxylic acids is 1. The van der Waals surface area contributed by atoms with Crippen LogP contribution in [0.3, 0.4) is 0 Å². The first-order valence-electron chi connectivity index (χ1n) is 14.1. The Morgan fingerprint density at radius 1 is 0.860 bits per heavy atom. The molecular weight excluding hydrogens is 575 g/mol. The van der Waals surface area contributed by atoms with Crippen LogP contribution in [0.4, 0.5) is 18.9 Å². The fraction of sp³-hybridized carbons (Fsp3) is 0.242. The normalized spacial score (nSPS) is 15.9. The molecule has 0 aliphatic carbocycles. The molecular formula is C33H32F3N3O3S. The van der Waals surface area contributed by atoms with E-state index in [1.807, 2.05) is 0 Å². The molecule has 0 radical (unpaired) electrons. The third-order valence-electron chi connectivity index (χ3n) is 7.70. The summed E-state index contributed by atoms with van der Waals surface area (Å²) in [6, 6.07) is 23.8. The summed E-state index contributed by atoms with van der Waals surface area (Å²) in [5, 5.41) is 6.05. The van der Waals surface area contributed by atoms with E-state index in [1.54, 1.807) is 60.7 Å². The van der Waals surface area contributed by atoms with Gasteiger partial charge in [-0.15, -0.1) is 0 Å². The fourth-order valence-electron chi connectivity index (χ4n) is 5.48. The van der Waals surface area contributed by atoms with Gasteiger partial charge in [0.1, 0.15) is 17.5 Å². The van der Waals surface area contributed by atoms with Crippen LogP contribution in [0.25, 0.3) is 0 Å². The third kappa shape index (κ3) is 7.33. The molecule has 1 aliphatic rings. The number of hydrogen-bond donors (Lipinski definition) is 2. The summed E-state index contributed by atoms with van der Waals surface area (Å²) in [4.78, 5) is 13.5. The molecule has 1 aliphatic heterocycles. The lowest BCUT2D eigenvalue weighted by Crippen LogP contribution is -2.53. The Morgan fingerprint density at radius 2 is 1.49 bits per heavy atom. The highest BCUT2D eigenvalue weighted by Gasteiger charge is 2.33. The maximum atomic E-state index is 15.1. The molecule has 0 unspecified atom stereocenters. The molecule has 1 amide bonds. The minimum absolute atomic E-state index is 0.0527. The van der Waals surface area contributed by atoms with Crippen LogP contribution >= 0.6 is 0 Å². The van der Waals surface area contributed by atoms with E-state index < -0.39 is 45.3 Å².